The lowest BCUT2D eigenvalue weighted by atomic mass is 9.57. The van der Waals surface area contributed by atoms with E-state index in [-0.39, 0.29) is 45.5 Å². The number of amides is 1. The summed E-state index contributed by atoms with van der Waals surface area (Å²) in [6, 6.07) is 4.93. The maximum Gasteiger partial charge on any atom is 0.255 e. The number of sulfone groups is 1. The molecule has 1 amide bonds. The first kappa shape index (κ1) is 22.1. The predicted octanol–water partition coefficient (Wildman–Crippen LogP) is 4.19. The number of hydrogen-bond acceptors (Lipinski definition) is 4. The largest absolute Gasteiger partial charge is 0.396 e. The lowest BCUT2D eigenvalue weighted by Crippen LogP contribution is -2.49. The highest BCUT2D eigenvalue weighted by molar-refractivity contribution is 7.92. The van der Waals surface area contributed by atoms with Gasteiger partial charge in [-0.1, -0.05) is 11.6 Å². The number of rotatable bonds is 5. The number of anilines is 1. The maximum absolute atomic E-state index is 13.4. The summed E-state index contributed by atoms with van der Waals surface area (Å²) in [6.07, 6.45) is 1.74. The van der Waals surface area contributed by atoms with Crippen molar-refractivity contribution < 1.29 is 31.5 Å². The van der Waals surface area contributed by atoms with E-state index in [0.717, 1.165) is 12.5 Å². The Morgan fingerprint density at radius 2 is 1.68 bits per heavy atom. The molecular formula is C21H19ClF3NO4S. The van der Waals surface area contributed by atoms with Gasteiger partial charge in [0.2, 0.25) is 0 Å². The molecule has 0 saturated heterocycles. The standard InChI is InChI=1S/C21H19ClF3NO4S/c22-16-2-1-10(21(28)26-13-7-17(23)20(25)18(24)8-13)6-19(16)31(29,30)14-4-11-3-12(5-14)15(11)9-27/h1-2,6-8,11-12,14-15,27H,3-5,9H2,(H,26,28)/t11?,12?,14-,15-. The smallest absolute Gasteiger partial charge is 0.255 e. The molecule has 2 unspecified atom stereocenters. The molecular weight excluding hydrogens is 455 g/mol. The summed E-state index contributed by atoms with van der Waals surface area (Å²) in [7, 11) is -3.84. The number of halogens is 4. The molecule has 10 heteroatoms. The van der Waals surface area contributed by atoms with Crippen molar-refractivity contribution in [2.75, 3.05) is 11.9 Å². The Morgan fingerprint density at radius 3 is 2.26 bits per heavy atom. The Hall–Kier alpha value is -2.10. The molecule has 3 saturated carbocycles. The van der Waals surface area contributed by atoms with Crippen LogP contribution in [0.15, 0.2) is 35.2 Å². The fourth-order valence-electron chi connectivity index (χ4n) is 4.67. The van der Waals surface area contributed by atoms with E-state index < -0.39 is 38.4 Å². The highest BCUT2D eigenvalue weighted by atomic mass is 35.5. The second-order valence-electron chi connectivity index (χ2n) is 8.09. The lowest BCUT2D eigenvalue weighted by Gasteiger charge is -2.51. The summed E-state index contributed by atoms with van der Waals surface area (Å²) < 4.78 is 66.3. The van der Waals surface area contributed by atoms with Gasteiger partial charge in [0.25, 0.3) is 5.91 Å². The minimum absolute atomic E-state index is 0.0339. The summed E-state index contributed by atoms with van der Waals surface area (Å²) in [4.78, 5) is 12.3. The quantitative estimate of drug-likeness (QED) is 0.638. The van der Waals surface area contributed by atoms with E-state index in [2.05, 4.69) is 5.32 Å². The van der Waals surface area contributed by atoms with E-state index in [4.69, 9.17) is 11.6 Å². The molecule has 0 radical (unpaired) electrons. The number of aliphatic hydroxyl groups excluding tert-OH is 1. The highest BCUT2D eigenvalue weighted by Gasteiger charge is 2.50. The molecule has 2 atom stereocenters. The first-order valence-electron chi connectivity index (χ1n) is 9.72. The fraction of sp³-hybridized carbons (Fsp3) is 0.381. The van der Waals surface area contributed by atoms with Gasteiger partial charge in [0.1, 0.15) is 0 Å². The van der Waals surface area contributed by atoms with Crippen LogP contribution in [0.5, 0.6) is 0 Å². The Bertz CT molecular complexity index is 1120. The highest BCUT2D eigenvalue weighted by Crippen LogP contribution is 2.52. The molecule has 2 bridgehead atoms. The van der Waals surface area contributed by atoms with Crippen molar-refractivity contribution in [1.29, 1.82) is 0 Å². The zero-order valence-electron chi connectivity index (χ0n) is 16.1. The third-order valence-electron chi connectivity index (χ3n) is 6.34. The second-order valence-corrected chi connectivity index (χ2v) is 10.7. The summed E-state index contributed by atoms with van der Waals surface area (Å²) >= 11 is 6.14. The zero-order valence-corrected chi connectivity index (χ0v) is 17.7. The van der Waals surface area contributed by atoms with Crippen molar-refractivity contribution in [3.63, 3.8) is 0 Å². The predicted molar refractivity (Wildman–Crippen MR) is 108 cm³/mol. The number of fused-ring (bicyclic) bond motifs is 2. The monoisotopic (exact) mass is 473 g/mol. The minimum atomic E-state index is -3.84. The Morgan fingerprint density at radius 1 is 1.06 bits per heavy atom. The van der Waals surface area contributed by atoms with Gasteiger partial charge in [-0.2, -0.15) is 0 Å². The molecule has 5 nitrogen and oxygen atoms in total. The van der Waals surface area contributed by atoms with Crippen molar-refractivity contribution >= 4 is 33.0 Å². The molecule has 0 heterocycles. The summed E-state index contributed by atoms with van der Waals surface area (Å²) in [5.41, 5.74) is -0.398. The summed E-state index contributed by atoms with van der Waals surface area (Å²) in [5.74, 6) is -4.99. The van der Waals surface area contributed by atoms with Crippen molar-refractivity contribution in [3.05, 3.63) is 58.4 Å². The van der Waals surface area contributed by atoms with Crippen LogP contribution in [0, 0.1) is 35.2 Å². The van der Waals surface area contributed by atoms with Crippen LogP contribution in [0.25, 0.3) is 0 Å². The molecule has 3 fully saturated rings. The van der Waals surface area contributed by atoms with E-state index in [1.54, 1.807) is 0 Å². The first-order valence-corrected chi connectivity index (χ1v) is 11.6. The van der Waals surface area contributed by atoms with Crippen LogP contribution in [0.1, 0.15) is 29.6 Å². The van der Waals surface area contributed by atoms with Crippen molar-refractivity contribution in [3.8, 4) is 0 Å². The Balaban J connectivity index is 1.58. The van der Waals surface area contributed by atoms with Crippen LogP contribution < -0.4 is 5.32 Å². The van der Waals surface area contributed by atoms with Crippen molar-refractivity contribution in [1.82, 2.24) is 0 Å². The van der Waals surface area contributed by atoms with Gasteiger partial charge >= 0.3 is 0 Å². The number of carbonyl (C=O) groups is 1. The van der Waals surface area contributed by atoms with Gasteiger partial charge < -0.3 is 10.4 Å². The fourth-order valence-corrected chi connectivity index (χ4v) is 7.10. The molecule has 3 aliphatic rings. The van der Waals surface area contributed by atoms with Gasteiger partial charge in [0.05, 0.1) is 15.2 Å². The van der Waals surface area contributed by atoms with Gasteiger partial charge in [-0.25, -0.2) is 21.6 Å². The molecule has 2 aromatic rings. The van der Waals surface area contributed by atoms with Crippen LogP contribution >= 0.6 is 11.6 Å². The Labute approximate surface area is 182 Å². The van der Waals surface area contributed by atoms with Crippen LogP contribution in [-0.4, -0.2) is 31.3 Å². The van der Waals surface area contributed by atoms with Crippen LogP contribution in [0.4, 0.5) is 18.9 Å². The maximum atomic E-state index is 13.4. The first-order chi connectivity index (χ1) is 14.6. The van der Waals surface area contributed by atoms with Crippen LogP contribution in [-0.2, 0) is 9.84 Å². The average molecular weight is 474 g/mol. The third kappa shape index (κ3) is 3.94. The second kappa shape index (κ2) is 8.11. The molecule has 3 aliphatic carbocycles. The van der Waals surface area contributed by atoms with E-state index >= 15 is 0 Å². The molecule has 2 aromatic carbocycles. The molecule has 0 spiro atoms. The number of nitrogens with one attached hydrogen (secondary N) is 1. The topological polar surface area (TPSA) is 83.5 Å². The van der Waals surface area contributed by atoms with Gasteiger partial charge in [0.15, 0.2) is 27.3 Å². The number of aliphatic hydroxyl groups is 1. The zero-order chi connectivity index (χ0) is 22.5. The molecule has 2 N–H and O–H groups in total. The molecule has 0 aromatic heterocycles. The summed E-state index contributed by atoms with van der Waals surface area (Å²) in [5, 5.41) is 11.0. The lowest BCUT2D eigenvalue weighted by molar-refractivity contribution is -0.0218. The minimum Gasteiger partial charge on any atom is -0.396 e. The van der Waals surface area contributed by atoms with E-state index in [1.165, 1.54) is 12.1 Å². The molecule has 0 aliphatic heterocycles. The van der Waals surface area contributed by atoms with Gasteiger partial charge in [0, 0.05) is 30.0 Å². The van der Waals surface area contributed by atoms with Gasteiger partial charge in [-0.3, -0.25) is 4.79 Å². The number of benzene rings is 2. The molecule has 5 rings (SSSR count). The number of hydrogen-bond donors (Lipinski definition) is 2. The normalized spacial score (nSPS) is 25.1. The van der Waals surface area contributed by atoms with Gasteiger partial charge in [-0.15, -0.1) is 0 Å². The molecule has 166 valence electrons. The van der Waals surface area contributed by atoms with Crippen LogP contribution in [0.2, 0.25) is 5.02 Å². The SMILES string of the molecule is O=C(Nc1cc(F)c(F)c(F)c1)c1ccc(Cl)c(S(=O)(=O)[C@H]2CC3CC(C2)[C@H]3CO)c1. The van der Waals surface area contributed by atoms with E-state index in [0.29, 0.717) is 25.0 Å². The van der Waals surface area contributed by atoms with E-state index in [9.17, 15) is 31.5 Å². The summed E-state index contributed by atoms with van der Waals surface area (Å²) in [6.45, 7) is 0.0447. The van der Waals surface area contributed by atoms with Crippen LogP contribution in [0.3, 0.4) is 0 Å². The Kier molecular flexibility index (Phi) is 5.78. The molecule has 31 heavy (non-hydrogen) atoms. The van der Waals surface area contributed by atoms with Crippen molar-refractivity contribution in [2.24, 2.45) is 17.8 Å². The third-order valence-corrected chi connectivity index (χ3v) is 8.99. The van der Waals surface area contributed by atoms with Gasteiger partial charge in [-0.05, 0) is 55.2 Å². The number of carbonyl (C=O) groups excluding carboxylic acids is 1. The van der Waals surface area contributed by atoms with Crippen molar-refractivity contribution in [2.45, 2.75) is 29.4 Å². The van der Waals surface area contributed by atoms with E-state index in [1.807, 2.05) is 0 Å². The average Bonchev–Trinajstić information content (AvgIpc) is 2.72.